The van der Waals surface area contributed by atoms with Gasteiger partial charge in [0.2, 0.25) is 0 Å². The Balaban J connectivity index is 2.38. The fraction of sp³-hybridized carbons (Fsp3) is 0.154. The molecule has 1 aromatic heterocycles. The Morgan fingerprint density at radius 3 is 2.70 bits per heavy atom. The van der Waals surface area contributed by atoms with E-state index in [1.165, 1.54) is 0 Å². The van der Waals surface area contributed by atoms with Crippen molar-refractivity contribution in [3.63, 3.8) is 0 Å². The van der Waals surface area contributed by atoms with E-state index in [0.29, 0.717) is 12.2 Å². The Morgan fingerprint density at radius 2 is 2.05 bits per heavy atom. The number of halogens is 1. The summed E-state index contributed by atoms with van der Waals surface area (Å²) in [6.07, 6.45) is 2.03. The number of aryl methyl sites for hydroxylation is 1. The summed E-state index contributed by atoms with van der Waals surface area (Å²) in [6.45, 7) is 2.07. The molecule has 0 saturated carbocycles. The monoisotopic (exact) mass is 295 g/mol. The van der Waals surface area contributed by atoms with Crippen molar-refractivity contribution in [2.24, 2.45) is 5.73 Å². The average molecular weight is 295 g/mol. The quantitative estimate of drug-likeness (QED) is 0.900. The summed E-state index contributed by atoms with van der Waals surface area (Å²) in [4.78, 5) is 3.31. The van der Waals surface area contributed by atoms with Gasteiger partial charge < -0.3 is 5.73 Å². The molecule has 106 valence electrons. The highest BCUT2D eigenvalue weighted by atomic mass is 32.2. The first-order chi connectivity index (χ1) is 9.42. The van der Waals surface area contributed by atoms with E-state index in [1.807, 2.05) is 6.07 Å². The fourth-order valence-electron chi connectivity index (χ4n) is 1.65. The molecular formula is C13H14FN3O2S. The molecule has 1 heterocycles. The molecule has 20 heavy (non-hydrogen) atoms. The van der Waals surface area contributed by atoms with E-state index in [2.05, 4.69) is 9.71 Å². The molecule has 0 aliphatic rings. The smallest absolute Gasteiger partial charge is 0.263 e. The molecule has 0 unspecified atom stereocenters. The molecule has 0 radical (unpaired) electrons. The second-order valence-electron chi connectivity index (χ2n) is 4.30. The largest absolute Gasteiger partial charge is 0.326 e. The summed E-state index contributed by atoms with van der Waals surface area (Å²) >= 11 is 0. The third-order valence-electron chi connectivity index (χ3n) is 2.77. The molecule has 0 atom stereocenters. The van der Waals surface area contributed by atoms with Crippen LogP contribution in [0.2, 0.25) is 0 Å². The maximum absolute atomic E-state index is 13.1. The van der Waals surface area contributed by atoms with Gasteiger partial charge in [0, 0.05) is 12.7 Å². The molecule has 7 heteroatoms. The van der Waals surface area contributed by atoms with Crippen LogP contribution in [0.5, 0.6) is 0 Å². The fourth-order valence-corrected chi connectivity index (χ4v) is 2.74. The van der Waals surface area contributed by atoms with E-state index in [4.69, 9.17) is 5.73 Å². The number of benzene rings is 1. The van der Waals surface area contributed by atoms with Crippen molar-refractivity contribution in [2.45, 2.75) is 18.4 Å². The molecular weight excluding hydrogens is 281 g/mol. The van der Waals surface area contributed by atoms with Crippen LogP contribution in [0.25, 0.3) is 0 Å². The minimum absolute atomic E-state index is 0.227. The van der Waals surface area contributed by atoms with Gasteiger partial charge in [-0.25, -0.2) is 12.8 Å². The molecule has 1 aromatic carbocycles. The minimum atomic E-state index is -3.88. The summed E-state index contributed by atoms with van der Waals surface area (Å²) in [6, 6.07) is 6.15. The highest BCUT2D eigenvalue weighted by Gasteiger charge is 2.16. The molecule has 3 N–H and O–H groups in total. The van der Waals surface area contributed by atoms with Crippen molar-refractivity contribution in [1.29, 1.82) is 0 Å². The van der Waals surface area contributed by atoms with E-state index in [0.717, 1.165) is 29.6 Å². The average Bonchev–Trinajstić information content (AvgIpc) is 2.41. The summed E-state index contributed by atoms with van der Waals surface area (Å²) in [5.41, 5.74) is 7.48. The van der Waals surface area contributed by atoms with Gasteiger partial charge in [0.15, 0.2) is 0 Å². The summed E-state index contributed by atoms with van der Waals surface area (Å²) in [5.74, 6) is -0.708. The number of sulfonamides is 1. The van der Waals surface area contributed by atoms with Crippen LogP contribution in [0.15, 0.2) is 41.6 Å². The highest BCUT2D eigenvalue weighted by Crippen LogP contribution is 2.21. The van der Waals surface area contributed by atoms with Gasteiger partial charge in [-0.2, -0.15) is 0 Å². The third kappa shape index (κ3) is 3.12. The van der Waals surface area contributed by atoms with Crippen LogP contribution >= 0.6 is 0 Å². The van der Waals surface area contributed by atoms with Crippen LogP contribution in [0.3, 0.4) is 0 Å². The van der Waals surface area contributed by atoms with Gasteiger partial charge in [0.1, 0.15) is 10.7 Å². The first-order valence-electron chi connectivity index (χ1n) is 5.85. The lowest BCUT2D eigenvalue weighted by Gasteiger charge is -2.11. The number of anilines is 1. The van der Waals surface area contributed by atoms with Gasteiger partial charge in [-0.05, 0) is 30.2 Å². The zero-order chi connectivity index (χ0) is 14.8. The lowest BCUT2D eigenvalue weighted by molar-refractivity contribution is 0.592. The van der Waals surface area contributed by atoms with Crippen LogP contribution < -0.4 is 10.5 Å². The molecule has 0 aliphatic heterocycles. The molecule has 2 aromatic rings. The van der Waals surface area contributed by atoms with Crippen LogP contribution in [-0.2, 0) is 16.6 Å². The second-order valence-corrected chi connectivity index (χ2v) is 5.98. The van der Waals surface area contributed by atoms with Crippen molar-refractivity contribution >= 4 is 15.7 Å². The first-order valence-corrected chi connectivity index (χ1v) is 7.33. The van der Waals surface area contributed by atoms with Crippen LogP contribution in [0, 0.1) is 12.7 Å². The highest BCUT2D eigenvalue weighted by molar-refractivity contribution is 7.92. The van der Waals surface area contributed by atoms with Crippen molar-refractivity contribution in [2.75, 3.05) is 4.72 Å². The van der Waals surface area contributed by atoms with Crippen molar-refractivity contribution in [1.82, 2.24) is 4.98 Å². The second kappa shape index (κ2) is 5.56. The molecule has 0 aliphatic carbocycles. The van der Waals surface area contributed by atoms with Gasteiger partial charge in [0.25, 0.3) is 10.0 Å². The Hall–Kier alpha value is -1.99. The Bertz CT molecular complexity index is 732. The van der Waals surface area contributed by atoms with E-state index in [1.54, 1.807) is 19.1 Å². The van der Waals surface area contributed by atoms with Crippen molar-refractivity contribution < 1.29 is 12.8 Å². The minimum Gasteiger partial charge on any atom is -0.326 e. The van der Waals surface area contributed by atoms with Crippen LogP contribution in [0.1, 0.15) is 11.1 Å². The summed E-state index contributed by atoms with van der Waals surface area (Å²) < 4.78 is 39.8. The van der Waals surface area contributed by atoms with Gasteiger partial charge in [-0.1, -0.05) is 12.1 Å². The molecule has 2 rings (SSSR count). The number of nitrogens with zero attached hydrogens (tertiary/aromatic N) is 1. The van der Waals surface area contributed by atoms with Crippen LogP contribution in [0.4, 0.5) is 10.1 Å². The number of nitrogens with one attached hydrogen (secondary N) is 1. The molecule has 0 fully saturated rings. The van der Waals surface area contributed by atoms with Gasteiger partial charge in [-0.15, -0.1) is 0 Å². The standard InChI is InChI=1S/C13H14FN3O2S/c1-9-2-3-10(6-15)4-13(9)17-20(18,19)12-5-11(14)7-16-8-12/h2-5,7-8,17H,6,15H2,1H3. The number of pyridine rings is 1. The summed E-state index contributed by atoms with van der Waals surface area (Å²) in [5, 5.41) is 0. The Labute approximate surface area is 116 Å². The lowest BCUT2D eigenvalue weighted by Crippen LogP contribution is -2.14. The van der Waals surface area contributed by atoms with E-state index in [-0.39, 0.29) is 4.90 Å². The molecule has 0 bridgehead atoms. The van der Waals surface area contributed by atoms with E-state index in [9.17, 15) is 12.8 Å². The predicted molar refractivity (Wildman–Crippen MR) is 74.1 cm³/mol. The number of rotatable bonds is 4. The number of nitrogens with two attached hydrogens (primary N) is 1. The van der Waals surface area contributed by atoms with Gasteiger partial charge >= 0.3 is 0 Å². The predicted octanol–water partition coefficient (Wildman–Crippen LogP) is 1.79. The maximum Gasteiger partial charge on any atom is 0.263 e. The zero-order valence-electron chi connectivity index (χ0n) is 10.8. The van der Waals surface area contributed by atoms with Crippen LogP contribution in [-0.4, -0.2) is 13.4 Å². The number of aromatic nitrogens is 1. The molecule has 5 nitrogen and oxygen atoms in total. The first kappa shape index (κ1) is 14.4. The zero-order valence-corrected chi connectivity index (χ0v) is 11.6. The molecule has 0 amide bonds. The van der Waals surface area contributed by atoms with Crippen molar-refractivity contribution in [3.8, 4) is 0 Å². The number of hydrogen-bond donors (Lipinski definition) is 2. The van der Waals surface area contributed by atoms with Crippen molar-refractivity contribution in [3.05, 3.63) is 53.6 Å². The lowest BCUT2D eigenvalue weighted by atomic mass is 10.1. The maximum atomic E-state index is 13.1. The number of hydrogen-bond acceptors (Lipinski definition) is 4. The Morgan fingerprint density at radius 1 is 1.30 bits per heavy atom. The molecule has 0 saturated heterocycles. The third-order valence-corrected chi connectivity index (χ3v) is 4.10. The Kier molecular flexibility index (Phi) is 4.01. The summed E-state index contributed by atoms with van der Waals surface area (Å²) in [7, 11) is -3.88. The van der Waals surface area contributed by atoms with Gasteiger partial charge in [0.05, 0.1) is 11.9 Å². The molecule has 0 spiro atoms. The van der Waals surface area contributed by atoms with E-state index >= 15 is 0 Å². The van der Waals surface area contributed by atoms with E-state index < -0.39 is 15.8 Å². The van der Waals surface area contributed by atoms with Gasteiger partial charge in [-0.3, -0.25) is 9.71 Å². The normalized spacial score (nSPS) is 11.3. The topological polar surface area (TPSA) is 85.1 Å². The SMILES string of the molecule is Cc1ccc(CN)cc1NS(=O)(=O)c1cncc(F)c1.